The summed E-state index contributed by atoms with van der Waals surface area (Å²) in [6, 6.07) is 20.7. The Kier molecular flexibility index (Phi) is 6.10. The van der Waals surface area contributed by atoms with Crippen LogP contribution in [0, 0.1) is 6.92 Å². The van der Waals surface area contributed by atoms with Crippen LogP contribution < -0.4 is 9.47 Å². The maximum absolute atomic E-state index is 6.37. The Balaban J connectivity index is 1.82. The van der Waals surface area contributed by atoms with Gasteiger partial charge in [-0.05, 0) is 62.3 Å². The fraction of sp³-hybridized carbons (Fsp3) is 0.296. The van der Waals surface area contributed by atoms with Crippen LogP contribution in [0.25, 0.3) is 0 Å². The molecule has 0 unspecified atom stereocenters. The number of hydrogen-bond donors (Lipinski definition) is 0. The molecule has 0 saturated heterocycles. The predicted molar refractivity (Wildman–Crippen MR) is 128 cm³/mol. The van der Waals surface area contributed by atoms with E-state index in [1.807, 2.05) is 44.4 Å². The smallest absolute Gasteiger partial charge is 0.153 e. The van der Waals surface area contributed by atoms with Crippen molar-refractivity contribution in [3.8, 4) is 17.2 Å². The van der Waals surface area contributed by atoms with E-state index in [4.69, 9.17) is 14.5 Å². The van der Waals surface area contributed by atoms with E-state index in [9.17, 15) is 0 Å². The van der Waals surface area contributed by atoms with Crippen molar-refractivity contribution in [2.45, 2.75) is 26.7 Å². The molecule has 0 aliphatic carbocycles. The molecule has 0 radical (unpaired) electrons. The summed E-state index contributed by atoms with van der Waals surface area (Å²) in [5.41, 5.74) is 6.09. The number of aryl methyl sites for hydroxylation is 1. The van der Waals surface area contributed by atoms with Crippen LogP contribution in [-0.4, -0.2) is 37.9 Å². The quantitative estimate of drug-likeness (QED) is 0.369. The Labute approximate surface area is 185 Å². The lowest BCUT2D eigenvalue weighted by molar-refractivity contribution is 0.261. The van der Waals surface area contributed by atoms with Gasteiger partial charge in [0.25, 0.3) is 0 Å². The molecule has 0 amide bonds. The van der Waals surface area contributed by atoms with Crippen molar-refractivity contribution in [1.29, 1.82) is 0 Å². The number of nitrogens with zero attached hydrogens (tertiary/aromatic N) is 2. The number of para-hydroxylation sites is 2. The third-order valence-corrected chi connectivity index (χ3v) is 5.47. The lowest BCUT2D eigenvalue weighted by Gasteiger charge is -2.17. The van der Waals surface area contributed by atoms with Crippen molar-refractivity contribution >= 4 is 11.4 Å². The van der Waals surface area contributed by atoms with Crippen molar-refractivity contribution in [2.75, 3.05) is 27.2 Å². The van der Waals surface area contributed by atoms with Crippen molar-refractivity contribution < 1.29 is 9.47 Å². The molecule has 0 atom stereocenters. The first-order chi connectivity index (χ1) is 14.9. The van der Waals surface area contributed by atoms with E-state index in [1.54, 1.807) is 0 Å². The fourth-order valence-electron chi connectivity index (χ4n) is 3.65. The molecule has 1 aliphatic heterocycles. The minimum absolute atomic E-state index is 0.486. The minimum Gasteiger partial charge on any atom is -0.492 e. The summed E-state index contributed by atoms with van der Waals surface area (Å²) < 4.78 is 12.4. The highest BCUT2D eigenvalue weighted by Gasteiger charge is 2.22. The van der Waals surface area contributed by atoms with Gasteiger partial charge in [0, 0.05) is 17.7 Å². The van der Waals surface area contributed by atoms with Crippen LogP contribution >= 0.6 is 0 Å². The molecule has 0 aromatic heterocycles. The van der Waals surface area contributed by atoms with Gasteiger partial charge < -0.3 is 14.4 Å². The van der Waals surface area contributed by atoms with Gasteiger partial charge in [0.05, 0.1) is 5.71 Å². The van der Waals surface area contributed by atoms with Crippen molar-refractivity contribution in [3.63, 3.8) is 0 Å². The molecule has 0 fully saturated rings. The molecule has 31 heavy (non-hydrogen) atoms. The molecular weight excluding hydrogens is 384 g/mol. The van der Waals surface area contributed by atoms with Crippen LogP contribution in [-0.2, 0) is 0 Å². The van der Waals surface area contributed by atoms with Gasteiger partial charge in [0.15, 0.2) is 5.75 Å². The summed E-state index contributed by atoms with van der Waals surface area (Å²) in [4.78, 5) is 7.15. The summed E-state index contributed by atoms with van der Waals surface area (Å²) in [5, 5.41) is 0. The molecule has 4 nitrogen and oxygen atoms in total. The Morgan fingerprint density at radius 2 is 1.74 bits per heavy atom. The van der Waals surface area contributed by atoms with Gasteiger partial charge in [-0.15, -0.1) is 0 Å². The van der Waals surface area contributed by atoms with Crippen LogP contribution in [0.4, 0.5) is 5.69 Å². The molecule has 0 N–H and O–H groups in total. The third kappa shape index (κ3) is 4.64. The summed E-state index contributed by atoms with van der Waals surface area (Å²) in [7, 11) is 4.09. The van der Waals surface area contributed by atoms with E-state index in [2.05, 4.69) is 56.0 Å². The number of ether oxygens (including phenoxy) is 2. The SMILES string of the molecule is Cc1cc(OCCN(C)C)cc2c1Oc1ccccc1N=C2c1ccc(C(C)C)cc1. The molecule has 0 bridgehead atoms. The molecule has 3 aromatic rings. The summed E-state index contributed by atoms with van der Waals surface area (Å²) in [6.45, 7) is 7.96. The van der Waals surface area contributed by atoms with Gasteiger partial charge in [-0.2, -0.15) is 0 Å². The standard InChI is InChI=1S/C27H30N2O2/c1-18(2)20-10-12-21(13-11-20)26-23-17-22(30-15-14-29(4)5)16-19(3)27(23)31-25-9-7-6-8-24(25)28-26/h6-13,16-18H,14-15H2,1-5H3. The first-order valence-corrected chi connectivity index (χ1v) is 10.8. The lowest BCUT2D eigenvalue weighted by Crippen LogP contribution is -2.19. The zero-order valence-corrected chi connectivity index (χ0v) is 19.0. The molecule has 1 heterocycles. The van der Waals surface area contributed by atoms with Gasteiger partial charge in [0.1, 0.15) is 23.8 Å². The predicted octanol–water partition coefficient (Wildman–Crippen LogP) is 6.33. The van der Waals surface area contributed by atoms with E-state index in [-0.39, 0.29) is 0 Å². The van der Waals surface area contributed by atoms with Crippen molar-refractivity contribution in [1.82, 2.24) is 4.90 Å². The number of likely N-dealkylation sites (N-methyl/N-ethyl adjacent to an activating group) is 1. The van der Waals surface area contributed by atoms with E-state index in [0.29, 0.717) is 12.5 Å². The Hall–Kier alpha value is -3.11. The fourth-order valence-corrected chi connectivity index (χ4v) is 3.65. The molecule has 4 rings (SSSR count). The Bertz CT molecular complexity index is 1100. The van der Waals surface area contributed by atoms with Gasteiger partial charge >= 0.3 is 0 Å². The highest BCUT2D eigenvalue weighted by atomic mass is 16.5. The summed E-state index contributed by atoms with van der Waals surface area (Å²) >= 11 is 0. The number of hydrogen-bond acceptors (Lipinski definition) is 4. The Morgan fingerprint density at radius 1 is 1.00 bits per heavy atom. The van der Waals surface area contributed by atoms with E-state index in [0.717, 1.165) is 51.9 Å². The molecule has 1 aliphatic rings. The van der Waals surface area contributed by atoms with Crippen molar-refractivity contribution in [3.05, 3.63) is 82.9 Å². The topological polar surface area (TPSA) is 34.1 Å². The van der Waals surface area contributed by atoms with Gasteiger partial charge in [-0.1, -0.05) is 50.2 Å². The zero-order chi connectivity index (χ0) is 22.0. The Morgan fingerprint density at radius 3 is 2.45 bits per heavy atom. The van der Waals surface area contributed by atoms with Crippen LogP contribution in [0.15, 0.2) is 65.7 Å². The lowest BCUT2D eigenvalue weighted by atomic mass is 9.96. The zero-order valence-electron chi connectivity index (χ0n) is 19.0. The molecule has 0 spiro atoms. The molecule has 3 aromatic carbocycles. The average Bonchev–Trinajstić information content (AvgIpc) is 2.91. The first kappa shape index (κ1) is 21.1. The number of fused-ring (bicyclic) bond motifs is 2. The second kappa shape index (κ2) is 8.94. The highest BCUT2D eigenvalue weighted by Crippen LogP contribution is 2.41. The van der Waals surface area contributed by atoms with Crippen LogP contribution in [0.1, 0.15) is 42.0 Å². The van der Waals surface area contributed by atoms with Crippen LogP contribution in [0.3, 0.4) is 0 Å². The van der Waals surface area contributed by atoms with Gasteiger partial charge in [-0.3, -0.25) is 0 Å². The van der Waals surface area contributed by atoms with E-state index in [1.165, 1.54) is 5.56 Å². The molecule has 0 saturated carbocycles. The van der Waals surface area contributed by atoms with E-state index < -0.39 is 0 Å². The maximum Gasteiger partial charge on any atom is 0.153 e. The van der Waals surface area contributed by atoms with Crippen molar-refractivity contribution in [2.24, 2.45) is 4.99 Å². The van der Waals surface area contributed by atoms with Crippen LogP contribution in [0.2, 0.25) is 0 Å². The van der Waals surface area contributed by atoms with E-state index >= 15 is 0 Å². The molecule has 160 valence electrons. The third-order valence-electron chi connectivity index (χ3n) is 5.47. The number of aliphatic imine (C=N–C) groups is 1. The molecule has 4 heteroatoms. The maximum atomic E-state index is 6.37. The summed E-state index contributed by atoms with van der Waals surface area (Å²) in [6.07, 6.45) is 0. The average molecular weight is 415 g/mol. The largest absolute Gasteiger partial charge is 0.492 e. The van der Waals surface area contributed by atoms with Gasteiger partial charge in [-0.25, -0.2) is 4.99 Å². The second-order valence-electron chi connectivity index (χ2n) is 8.58. The minimum atomic E-state index is 0.486. The number of rotatable bonds is 6. The second-order valence-corrected chi connectivity index (χ2v) is 8.58. The highest BCUT2D eigenvalue weighted by molar-refractivity contribution is 6.16. The molecular formula is C27H30N2O2. The monoisotopic (exact) mass is 414 g/mol. The first-order valence-electron chi connectivity index (χ1n) is 10.8. The van der Waals surface area contributed by atoms with Gasteiger partial charge in [0.2, 0.25) is 0 Å². The number of benzene rings is 3. The van der Waals surface area contributed by atoms with Crippen LogP contribution in [0.5, 0.6) is 17.2 Å². The summed E-state index contributed by atoms with van der Waals surface area (Å²) in [5.74, 6) is 2.91. The normalized spacial score (nSPS) is 12.7.